The number of methoxy groups -OCH3 is 2. The minimum atomic E-state index is -0.527. The summed E-state index contributed by atoms with van der Waals surface area (Å²) in [4.78, 5) is 30.2. The number of piperidine rings is 1. The van der Waals surface area contributed by atoms with Crippen LogP contribution in [0.3, 0.4) is 0 Å². The fourth-order valence-corrected chi connectivity index (χ4v) is 3.39. The summed E-state index contributed by atoms with van der Waals surface area (Å²) in [7, 11) is 2.89. The van der Waals surface area contributed by atoms with Crippen LogP contribution in [0.15, 0.2) is 18.2 Å². The quantitative estimate of drug-likeness (QED) is 0.802. The number of anilines is 1. The lowest BCUT2D eigenvalue weighted by Gasteiger charge is -2.31. The molecule has 1 atom stereocenters. The van der Waals surface area contributed by atoms with Gasteiger partial charge in [0.2, 0.25) is 5.91 Å². The van der Waals surface area contributed by atoms with Gasteiger partial charge in [0.1, 0.15) is 11.4 Å². The summed E-state index contributed by atoms with van der Waals surface area (Å²) in [5.41, 5.74) is 1.38. The molecule has 1 fully saturated rings. The topological polar surface area (TPSA) is 83.7 Å². The molecule has 7 nitrogen and oxygen atoms in total. The first-order valence-electron chi connectivity index (χ1n) is 8.88. The number of nitrogens with one attached hydrogen (secondary N) is 2. The number of amides is 1. The number of hydrogen-bond donors (Lipinski definition) is 2. The van der Waals surface area contributed by atoms with E-state index in [2.05, 4.69) is 15.2 Å². The number of aromatic amines is 1. The molecular weight excluding hydrogens is 334 g/mol. The zero-order chi connectivity index (χ0) is 18.7. The number of aromatic nitrogens is 1. The Balaban J connectivity index is 1.91. The van der Waals surface area contributed by atoms with E-state index in [1.165, 1.54) is 13.5 Å². The van der Waals surface area contributed by atoms with Crippen LogP contribution in [0.25, 0.3) is 10.9 Å². The van der Waals surface area contributed by atoms with Crippen LogP contribution in [0, 0.1) is 0 Å². The molecule has 1 aliphatic rings. The number of fused-ring (bicyclic) bond motifs is 1. The third-order valence-corrected chi connectivity index (χ3v) is 4.96. The molecule has 1 aromatic carbocycles. The first-order valence-corrected chi connectivity index (χ1v) is 8.88. The number of rotatable bonds is 5. The highest BCUT2D eigenvalue weighted by atomic mass is 16.5. The van der Waals surface area contributed by atoms with Crippen LogP contribution in [0.2, 0.25) is 0 Å². The van der Waals surface area contributed by atoms with Gasteiger partial charge in [-0.1, -0.05) is 6.42 Å². The molecule has 2 N–H and O–H groups in total. The molecule has 2 aromatic rings. The van der Waals surface area contributed by atoms with Gasteiger partial charge in [-0.05, 0) is 45.0 Å². The van der Waals surface area contributed by atoms with Gasteiger partial charge in [0, 0.05) is 11.5 Å². The normalized spacial score (nSPS) is 16.3. The van der Waals surface area contributed by atoms with Crippen molar-refractivity contribution < 1.29 is 19.1 Å². The number of hydrogen-bond acceptors (Lipinski definition) is 5. The molecular formula is C19H25N3O4. The third-order valence-electron chi connectivity index (χ3n) is 4.96. The SMILES string of the molecule is COC(=O)c1[nH]c2cc(OC)ccc2c1NC(=O)[C@@H](C)N1CCCCC1. The lowest BCUT2D eigenvalue weighted by atomic mass is 10.1. The van der Waals surface area contributed by atoms with Crippen molar-refractivity contribution in [2.24, 2.45) is 0 Å². The van der Waals surface area contributed by atoms with E-state index in [9.17, 15) is 9.59 Å². The maximum Gasteiger partial charge on any atom is 0.356 e. The van der Waals surface area contributed by atoms with Gasteiger partial charge in [0.15, 0.2) is 0 Å². The van der Waals surface area contributed by atoms with E-state index in [1.54, 1.807) is 19.2 Å². The van der Waals surface area contributed by atoms with Crippen LogP contribution in [0.4, 0.5) is 5.69 Å². The van der Waals surface area contributed by atoms with Crippen molar-refractivity contribution in [3.8, 4) is 5.75 Å². The molecule has 0 aliphatic carbocycles. The van der Waals surface area contributed by atoms with Crippen molar-refractivity contribution in [3.05, 3.63) is 23.9 Å². The van der Waals surface area contributed by atoms with Gasteiger partial charge in [-0.15, -0.1) is 0 Å². The van der Waals surface area contributed by atoms with E-state index in [0.29, 0.717) is 17.0 Å². The Morgan fingerprint density at radius 3 is 2.58 bits per heavy atom. The summed E-state index contributed by atoms with van der Waals surface area (Å²) >= 11 is 0. The maximum atomic E-state index is 12.8. The molecule has 0 radical (unpaired) electrons. The Hall–Kier alpha value is -2.54. The summed E-state index contributed by atoms with van der Waals surface area (Å²) in [5, 5.41) is 3.67. The molecule has 7 heteroatoms. The van der Waals surface area contributed by atoms with E-state index in [0.717, 1.165) is 31.3 Å². The van der Waals surface area contributed by atoms with Crippen LogP contribution >= 0.6 is 0 Å². The predicted molar refractivity (Wildman–Crippen MR) is 99.7 cm³/mol. The molecule has 140 valence electrons. The van der Waals surface area contributed by atoms with E-state index >= 15 is 0 Å². The largest absolute Gasteiger partial charge is 0.497 e. The number of likely N-dealkylation sites (tertiary alicyclic amines) is 1. The highest BCUT2D eigenvalue weighted by molar-refractivity contribution is 6.11. The lowest BCUT2D eigenvalue weighted by Crippen LogP contribution is -2.44. The first-order chi connectivity index (χ1) is 12.5. The van der Waals surface area contributed by atoms with E-state index in [-0.39, 0.29) is 17.6 Å². The standard InChI is InChI=1S/C19H25N3O4/c1-12(22-9-5-4-6-10-22)18(23)21-16-14-8-7-13(25-2)11-15(14)20-17(16)19(24)26-3/h7-8,11-12,20H,4-6,9-10H2,1-3H3,(H,21,23)/t12-/m1/s1. The van der Waals surface area contributed by atoms with Crippen molar-refractivity contribution in [2.75, 3.05) is 32.6 Å². The Labute approximate surface area is 152 Å². The molecule has 0 spiro atoms. The van der Waals surface area contributed by atoms with Gasteiger partial charge in [0.25, 0.3) is 0 Å². The molecule has 26 heavy (non-hydrogen) atoms. The van der Waals surface area contributed by atoms with Gasteiger partial charge >= 0.3 is 5.97 Å². The smallest absolute Gasteiger partial charge is 0.356 e. The molecule has 1 saturated heterocycles. The molecule has 1 aliphatic heterocycles. The Morgan fingerprint density at radius 2 is 1.92 bits per heavy atom. The Kier molecular flexibility index (Phi) is 5.46. The zero-order valence-electron chi connectivity index (χ0n) is 15.4. The summed E-state index contributed by atoms with van der Waals surface area (Å²) in [6, 6.07) is 5.13. The molecule has 0 saturated carbocycles. The van der Waals surface area contributed by atoms with Crippen molar-refractivity contribution in [1.82, 2.24) is 9.88 Å². The summed E-state index contributed by atoms with van der Waals surface area (Å²) in [6.45, 7) is 3.74. The Morgan fingerprint density at radius 1 is 1.19 bits per heavy atom. The van der Waals surface area contributed by atoms with Gasteiger partial charge < -0.3 is 19.8 Å². The molecule has 1 aromatic heterocycles. The van der Waals surface area contributed by atoms with Crippen molar-refractivity contribution in [2.45, 2.75) is 32.2 Å². The predicted octanol–water partition coefficient (Wildman–Crippen LogP) is 2.78. The van der Waals surface area contributed by atoms with Gasteiger partial charge in [-0.2, -0.15) is 0 Å². The molecule has 2 heterocycles. The van der Waals surface area contributed by atoms with Gasteiger partial charge in [-0.3, -0.25) is 9.69 Å². The number of carbonyl (C=O) groups excluding carboxylic acids is 2. The molecule has 3 rings (SSSR count). The second kappa shape index (κ2) is 7.78. The average Bonchev–Trinajstić information content (AvgIpc) is 3.04. The van der Waals surface area contributed by atoms with Crippen LogP contribution < -0.4 is 10.1 Å². The number of ether oxygens (including phenoxy) is 2. The minimum Gasteiger partial charge on any atom is -0.497 e. The zero-order valence-corrected chi connectivity index (χ0v) is 15.4. The fraction of sp³-hybridized carbons (Fsp3) is 0.474. The number of benzene rings is 1. The summed E-state index contributed by atoms with van der Waals surface area (Å²) in [6.07, 6.45) is 3.43. The first kappa shape index (κ1) is 18.3. The van der Waals surface area contributed by atoms with E-state index in [4.69, 9.17) is 9.47 Å². The molecule has 1 amide bonds. The second-order valence-corrected chi connectivity index (χ2v) is 6.54. The highest BCUT2D eigenvalue weighted by Crippen LogP contribution is 2.31. The highest BCUT2D eigenvalue weighted by Gasteiger charge is 2.26. The van der Waals surface area contributed by atoms with Gasteiger partial charge in [0.05, 0.1) is 31.5 Å². The number of nitrogens with zero attached hydrogens (tertiary/aromatic N) is 1. The third kappa shape index (κ3) is 3.53. The molecule has 0 bridgehead atoms. The summed E-state index contributed by atoms with van der Waals surface area (Å²) < 4.78 is 10.1. The van der Waals surface area contributed by atoms with Crippen LogP contribution in [-0.4, -0.2) is 55.1 Å². The Bertz CT molecular complexity index is 808. The van der Waals surface area contributed by atoms with Crippen LogP contribution in [0.5, 0.6) is 5.75 Å². The fourth-order valence-electron chi connectivity index (χ4n) is 3.39. The maximum absolute atomic E-state index is 12.8. The van der Waals surface area contributed by atoms with E-state index in [1.807, 2.05) is 13.0 Å². The van der Waals surface area contributed by atoms with Crippen molar-refractivity contribution >= 4 is 28.5 Å². The monoisotopic (exact) mass is 359 g/mol. The number of esters is 1. The average molecular weight is 359 g/mol. The van der Waals surface area contributed by atoms with Crippen LogP contribution in [0.1, 0.15) is 36.7 Å². The van der Waals surface area contributed by atoms with Crippen LogP contribution in [-0.2, 0) is 9.53 Å². The van der Waals surface area contributed by atoms with Crippen molar-refractivity contribution in [3.63, 3.8) is 0 Å². The summed E-state index contributed by atoms with van der Waals surface area (Å²) in [5.74, 6) is 0.00425. The number of H-pyrrole nitrogens is 1. The molecule has 0 unspecified atom stereocenters. The minimum absolute atomic E-state index is 0.131. The van der Waals surface area contributed by atoms with E-state index < -0.39 is 5.97 Å². The lowest BCUT2D eigenvalue weighted by molar-refractivity contribution is -0.121. The number of carbonyl (C=O) groups is 2. The van der Waals surface area contributed by atoms with Gasteiger partial charge in [-0.25, -0.2) is 4.79 Å². The second-order valence-electron chi connectivity index (χ2n) is 6.54. The van der Waals surface area contributed by atoms with Crippen molar-refractivity contribution in [1.29, 1.82) is 0 Å².